The molecule has 0 amide bonds. The Morgan fingerprint density at radius 3 is 3.00 bits per heavy atom. The van der Waals surface area contributed by atoms with Crippen LogP contribution in [-0.2, 0) is 0 Å². The summed E-state index contributed by atoms with van der Waals surface area (Å²) >= 11 is 0. The van der Waals surface area contributed by atoms with Gasteiger partial charge in [0.25, 0.3) is 0 Å². The summed E-state index contributed by atoms with van der Waals surface area (Å²) in [6.45, 7) is 2.54. The van der Waals surface area contributed by atoms with Gasteiger partial charge in [0, 0.05) is 6.04 Å². The molecule has 0 spiro atoms. The van der Waals surface area contributed by atoms with Gasteiger partial charge in [-0.1, -0.05) is 18.1 Å². The molecule has 1 unspecified atom stereocenters. The molecule has 2 nitrogen and oxygen atoms in total. The minimum atomic E-state index is 0.170. The van der Waals surface area contributed by atoms with Crippen LogP contribution in [0.1, 0.15) is 18.5 Å². The van der Waals surface area contributed by atoms with Crippen molar-refractivity contribution in [1.29, 1.82) is 0 Å². The fourth-order valence-corrected chi connectivity index (χ4v) is 1.12. The van der Waals surface area contributed by atoms with Crippen LogP contribution in [-0.4, -0.2) is 11.7 Å². The van der Waals surface area contributed by atoms with Gasteiger partial charge in [0.2, 0.25) is 0 Å². The Kier molecular flexibility index (Phi) is 3.36. The summed E-state index contributed by atoms with van der Waals surface area (Å²) in [5.41, 5.74) is 1.04. The lowest BCUT2D eigenvalue weighted by Gasteiger charge is -2.11. The number of phenols is 1. The van der Waals surface area contributed by atoms with Gasteiger partial charge in [-0.25, -0.2) is 0 Å². The highest BCUT2D eigenvalue weighted by atomic mass is 16.3. The van der Waals surface area contributed by atoms with Crippen LogP contribution >= 0.6 is 0 Å². The molecule has 0 radical (unpaired) electrons. The van der Waals surface area contributed by atoms with Gasteiger partial charge in [0.05, 0.1) is 6.54 Å². The van der Waals surface area contributed by atoms with E-state index in [-0.39, 0.29) is 11.8 Å². The second-order valence-corrected chi connectivity index (χ2v) is 2.90. The molecule has 2 N–H and O–H groups in total. The van der Waals surface area contributed by atoms with E-state index in [9.17, 15) is 5.11 Å². The van der Waals surface area contributed by atoms with Crippen LogP contribution in [0, 0.1) is 12.3 Å². The molecule has 0 aliphatic carbocycles. The third-order valence-corrected chi connectivity index (χ3v) is 1.88. The maximum Gasteiger partial charge on any atom is 0.115 e. The first-order valence-corrected chi connectivity index (χ1v) is 4.20. The lowest BCUT2D eigenvalue weighted by Crippen LogP contribution is -2.18. The van der Waals surface area contributed by atoms with Crippen LogP contribution in [0.5, 0.6) is 5.75 Å². The number of hydrogen-bond donors (Lipinski definition) is 2. The SMILES string of the molecule is C#CCNC(C)c1cccc(O)c1. The lowest BCUT2D eigenvalue weighted by atomic mass is 10.1. The Labute approximate surface area is 78.6 Å². The molecule has 0 saturated carbocycles. The average Bonchev–Trinajstić information content (AvgIpc) is 2.14. The molecule has 0 aliphatic rings. The second kappa shape index (κ2) is 4.54. The summed E-state index contributed by atoms with van der Waals surface area (Å²) in [5, 5.41) is 12.3. The van der Waals surface area contributed by atoms with E-state index >= 15 is 0 Å². The van der Waals surface area contributed by atoms with Crippen molar-refractivity contribution in [3.8, 4) is 18.1 Å². The molecule has 0 bridgehead atoms. The van der Waals surface area contributed by atoms with Crippen molar-refractivity contribution in [3.63, 3.8) is 0 Å². The molecule has 13 heavy (non-hydrogen) atoms. The van der Waals surface area contributed by atoms with Gasteiger partial charge in [-0.05, 0) is 24.6 Å². The van der Waals surface area contributed by atoms with Crippen molar-refractivity contribution < 1.29 is 5.11 Å². The Morgan fingerprint density at radius 1 is 1.62 bits per heavy atom. The summed E-state index contributed by atoms with van der Waals surface area (Å²) in [7, 11) is 0. The number of benzene rings is 1. The van der Waals surface area contributed by atoms with E-state index < -0.39 is 0 Å². The minimum absolute atomic E-state index is 0.170. The van der Waals surface area contributed by atoms with E-state index in [0.717, 1.165) is 5.56 Å². The summed E-state index contributed by atoms with van der Waals surface area (Å²) in [4.78, 5) is 0. The highest BCUT2D eigenvalue weighted by molar-refractivity contribution is 5.29. The normalized spacial score (nSPS) is 12.0. The molecule has 0 heterocycles. The Hall–Kier alpha value is -1.46. The Bertz CT molecular complexity index is 314. The largest absolute Gasteiger partial charge is 0.508 e. The molecular weight excluding hydrogens is 162 g/mol. The third kappa shape index (κ3) is 2.81. The smallest absolute Gasteiger partial charge is 0.115 e. The minimum Gasteiger partial charge on any atom is -0.508 e. The quantitative estimate of drug-likeness (QED) is 0.685. The predicted molar refractivity (Wildman–Crippen MR) is 53.4 cm³/mol. The first kappa shape index (κ1) is 9.63. The van der Waals surface area contributed by atoms with E-state index in [2.05, 4.69) is 11.2 Å². The van der Waals surface area contributed by atoms with Crippen molar-refractivity contribution in [2.24, 2.45) is 0 Å². The van der Waals surface area contributed by atoms with E-state index in [1.807, 2.05) is 19.1 Å². The molecule has 1 aromatic carbocycles. The number of terminal acetylenes is 1. The highest BCUT2D eigenvalue weighted by Crippen LogP contribution is 2.17. The van der Waals surface area contributed by atoms with Crippen LogP contribution in [0.15, 0.2) is 24.3 Å². The highest BCUT2D eigenvalue weighted by Gasteiger charge is 2.03. The number of hydrogen-bond acceptors (Lipinski definition) is 2. The Balaban J connectivity index is 2.66. The van der Waals surface area contributed by atoms with E-state index in [1.54, 1.807) is 12.1 Å². The third-order valence-electron chi connectivity index (χ3n) is 1.88. The van der Waals surface area contributed by atoms with Crippen molar-refractivity contribution in [1.82, 2.24) is 5.32 Å². The molecule has 0 aromatic heterocycles. The fraction of sp³-hybridized carbons (Fsp3) is 0.273. The number of rotatable bonds is 3. The van der Waals surface area contributed by atoms with Crippen LogP contribution in [0.4, 0.5) is 0 Å². The van der Waals surface area contributed by atoms with E-state index in [4.69, 9.17) is 6.42 Å². The molecule has 68 valence electrons. The van der Waals surface area contributed by atoms with Gasteiger partial charge < -0.3 is 5.11 Å². The zero-order valence-electron chi connectivity index (χ0n) is 7.62. The van der Waals surface area contributed by atoms with Gasteiger partial charge >= 0.3 is 0 Å². The van der Waals surface area contributed by atoms with Gasteiger partial charge in [-0.3, -0.25) is 5.32 Å². The van der Waals surface area contributed by atoms with Crippen LogP contribution in [0.2, 0.25) is 0 Å². The molecule has 1 rings (SSSR count). The van der Waals surface area contributed by atoms with Crippen LogP contribution in [0.3, 0.4) is 0 Å². The number of aromatic hydroxyl groups is 1. The lowest BCUT2D eigenvalue weighted by molar-refractivity contribution is 0.473. The van der Waals surface area contributed by atoms with Crippen molar-refractivity contribution >= 4 is 0 Å². The average molecular weight is 175 g/mol. The maximum absolute atomic E-state index is 9.22. The molecule has 1 atom stereocenters. The van der Waals surface area contributed by atoms with Gasteiger partial charge in [0.15, 0.2) is 0 Å². The monoisotopic (exact) mass is 175 g/mol. The number of phenolic OH excluding ortho intramolecular Hbond substituents is 1. The van der Waals surface area contributed by atoms with Crippen LogP contribution in [0.25, 0.3) is 0 Å². The summed E-state index contributed by atoms with van der Waals surface area (Å²) < 4.78 is 0. The second-order valence-electron chi connectivity index (χ2n) is 2.90. The molecule has 0 saturated heterocycles. The van der Waals surface area contributed by atoms with Gasteiger partial charge in [0.1, 0.15) is 5.75 Å². The number of nitrogens with one attached hydrogen (secondary N) is 1. The topological polar surface area (TPSA) is 32.3 Å². The Morgan fingerprint density at radius 2 is 2.38 bits per heavy atom. The molecular formula is C11H13NO. The summed E-state index contributed by atoms with van der Waals surface area (Å²) in [6, 6.07) is 7.32. The van der Waals surface area contributed by atoms with Crippen molar-refractivity contribution in [2.45, 2.75) is 13.0 Å². The van der Waals surface area contributed by atoms with Crippen molar-refractivity contribution in [3.05, 3.63) is 29.8 Å². The van der Waals surface area contributed by atoms with E-state index in [1.165, 1.54) is 0 Å². The fourth-order valence-electron chi connectivity index (χ4n) is 1.12. The standard InChI is InChI=1S/C11H13NO/c1-3-7-12-9(2)10-5-4-6-11(13)8-10/h1,4-6,8-9,12-13H,7H2,2H3. The molecule has 0 aliphatic heterocycles. The zero-order valence-corrected chi connectivity index (χ0v) is 7.62. The van der Waals surface area contributed by atoms with Gasteiger partial charge in [-0.2, -0.15) is 0 Å². The summed E-state index contributed by atoms with van der Waals surface area (Å²) in [6.07, 6.45) is 5.12. The van der Waals surface area contributed by atoms with E-state index in [0.29, 0.717) is 6.54 Å². The van der Waals surface area contributed by atoms with Crippen LogP contribution < -0.4 is 5.32 Å². The molecule has 0 fully saturated rings. The molecule has 2 heteroatoms. The zero-order chi connectivity index (χ0) is 9.68. The predicted octanol–water partition coefficient (Wildman–Crippen LogP) is 1.68. The van der Waals surface area contributed by atoms with Gasteiger partial charge in [-0.15, -0.1) is 6.42 Å². The summed E-state index contributed by atoms with van der Waals surface area (Å²) in [5.74, 6) is 2.79. The first-order chi connectivity index (χ1) is 6.24. The first-order valence-electron chi connectivity index (χ1n) is 4.20. The molecule has 1 aromatic rings. The van der Waals surface area contributed by atoms with Crippen molar-refractivity contribution in [2.75, 3.05) is 6.54 Å². The maximum atomic E-state index is 9.22.